The molecule has 0 saturated heterocycles. The lowest BCUT2D eigenvalue weighted by molar-refractivity contribution is -0.123. The summed E-state index contributed by atoms with van der Waals surface area (Å²) in [6.45, 7) is 10.6. The third-order valence-electron chi connectivity index (χ3n) is 6.87. The molecule has 0 amide bonds. The summed E-state index contributed by atoms with van der Waals surface area (Å²) in [5.74, 6) is 0.112. The van der Waals surface area contributed by atoms with Crippen molar-refractivity contribution in [2.75, 3.05) is 0 Å². The van der Waals surface area contributed by atoms with Gasteiger partial charge < -0.3 is 14.4 Å². The fourth-order valence-electron chi connectivity index (χ4n) is 5.02. The molecule has 34 heavy (non-hydrogen) atoms. The predicted octanol–water partition coefficient (Wildman–Crippen LogP) is 7.27. The molecule has 3 aromatic rings. The Kier molecular flexibility index (Phi) is 6.52. The van der Waals surface area contributed by atoms with Gasteiger partial charge in [-0.15, -0.1) is 0 Å². The van der Waals surface area contributed by atoms with E-state index in [1.54, 1.807) is 4.57 Å². The van der Waals surface area contributed by atoms with Crippen LogP contribution in [0.4, 0.5) is 0 Å². The molecule has 0 spiro atoms. The molecule has 1 saturated carbocycles. The summed E-state index contributed by atoms with van der Waals surface area (Å²) in [5.41, 5.74) is 2.42. The van der Waals surface area contributed by atoms with Crippen LogP contribution in [-0.2, 0) is 4.79 Å². The van der Waals surface area contributed by atoms with Crippen LogP contribution in [0.15, 0.2) is 42.5 Å². The molecule has 1 aliphatic rings. The second kappa shape index (κ2) is 9.10. The Hall–Kier alpha value is -2.79. The zero-order valence-electron chi connectivity index (χ0n) is 20.4. The number of carboxylic acid groups (broad SMARTS) is 1. The molecule has 1 fully saturated rings. The minimum atomic E-state index is -1.10. The van der Waals surface area contributed by atoms with E-state index in [-0.39, 0.29) is 33.9 Å². The minimum Gasteiger partial charge on any atom is -0.491 e. The molecule has 2 atom stereocenters. The van der Waals surface area contributed by atoms with Crippen molar-refractivity contribution >= 4 is 34.3 Å². The van der Waals surface area contributed by atoms with E-state index in [0.29, 0.717) is 34.7 Å². The molecule has 0 bridgehead atoms. The van der Waals surface area contributed by atoms with Gasteiger partial charge in [-0.3, -0.25) is 4.79 Å². The summed E-state index contributed by atoms with van der Waals surface area (Å²) in [4.78, 5) is 25.1. The number of aromatic nitrogens is 1. The molecule has 1 heterocycles. The summed E-state index contributed by atoms with van der Waals surface area (Å²) in [6.07, 6.45) is 2.33. The lowest BCUT2D eigenvalue weighted by Crippen LogP contribution is -2.30. The summed E-state index contributed by atoms with van der Waals surface area (Å²) in [5, 5.41) is 10.8. The predicted molar refractivity (Wildman–Crippen MR) is 136 cm³/mol. The lowest BCUT2D eigenvalue weighted by Gasteiger charge is -2.37. The van der Waals surface area contributed by atoms with Crippen LogP contribution in [0.2, 0.25) is 5.02 Å². The average Bonchev–Trinajstić information content (AvgIpc) is 3.05. The molecular weight excluding hydrogens is 450 g/mol. The van der Waals surface area contributed by atoms with Gasteiger partial charge in [-0.1, -0.05) is 38.4 Å². The van der Waals surface area contributed by atoms with E-state index in [1.165, 1.54) is 0 Å². The van der Waals surface area contributed by atoms with Crippen molar-refractivity contribution in [1.82, 2.24) is 4.57 Å². The standard InChI is InChI=1S/C28H32ClNO4/c1-16(2)34-20-10-8-19(9-11-20)30-23-12-6-17(14-22(23)25(29)26(30)27(32)33)21-15-18(28(3,4)5)7-13-24(21)31/h6,8-12,14,16,18,21H,7,13,15H2,1-5H3,(H,32,33). The number of Topliss-reactive ketones (excluding diaryl/α,β-unsaturated/α-hetero) is 1. The molecule has 180 valence electrons. The number of carboxylic acids is 1. The first kappa shape index (κ1) is 24.3. The van der Waals surface area contributed by atoms with Crippen molar-refractivity contribution in [3.63, 3.8) is 0 Å². The van der Waals surface area contributed by atoms with E-state index >= 15 is 0 Å². The molecule has 2 aromatic carbocycles. The van der Waals surface area contributed by atoms with Crippen molar-refractivity contribution in [2.45, 2.75) is 65.9 Å². The second-order valence-electron chi connectivity index (χ2n) is 10.6. The molecule has 1 N–H and O–H groups in total. The topological polar surface area (TPSA) is 68.5 Å². The summed E-state index contributed by atoms with van der Waals surface area (Å²) in [6, 6.07) is 13.0. The highest BCUT2D eigenvalue weighted by Gasteiger charge is 2.36. The lowest BCUT2D eigenvalue weighted by atomic mass is 9.67. The number of nitrogens with zero attached hydrogens (tertiary/aromatic N) is 1. The highest BCUT2D eigenvalue weighted by Crippen LogP contribution is 2.44. The molecule has 5 nitrogen and oxygen atoms in total. The number of ketones is 1. The van der Waals surface area contributed by atoms with E-state index in [2.05, 4.69) is 20.8 Å². The number of hydrogen-bond acceptors (Lipinski definition) is 3. The number of rotatable bonds is 5. The average molecular weight is 482 g/mol. The van der Waals surface area contributed by atoms with E-state index in [1.807, 2.05) is 56.3 Å². The Labute approximate surface area is 205 Å². The Morgan fingerprint density at radius 3 is 2.41 bits per heavy atom. The van der Waals surface area contributed by atoms with Gasteiger partial charge >= 0.3 is 5.97 Å². The van der Waals surface area contributed by atoms with Gasteiger partial charge in [-0.05, 0) is 80.0 Å². The summed E-state index contributed by atoms with van der Waals surface area (Å²) < 4.78 is 7.37. The number of ether oxygens (including phenoxy) is 1. The van der Waals surface area contributed by atoms with Gasteiger partial charge in [0.2, 0.25) is 0 Å². The molecule has 0 radical (unpaired) electrons. The summed E-state index contributed by atoms with van der Waals surface area (Å²) >= 11 is 6.64. The third-order valence-corrected chi connectivity index (χ3v) is 7.26. The number of halogens is 1. The number of carbonyl (C=O) groups excluding carboxylic acids is 1. The van der Waals surface area contributed by atoms with Crippen molar-refractivity contribution in [3.8, 4) is 11.4 Å². The van der Waals surface area contributed by atoms with Crippen LogP contribution >= 0.6 is 11.6 Å². The van der Waals surface area contributed by atoms with E-state index in [0.717, 1.165) is 18.4 Å². The first-order valence-electron chi connectivity index (χ1n) is 11.8. The highest BCUT2D eigenvalue weighted by molar-refractivity contribution is 6.38. The van der Waals surface area contributed by atoms with Gasteiger partial charge in [0.05, 0.1) is 16.6 Å². The summed E-state index contributed by atoms with van der Waals surface area (Å²) in [7, 11) is 0. The van der Waals surface area contributed by atoms with Crippen LogP contribution < -0.4 is 4.74 Å². The van der Waals surface area contributed by atoms with Crippen molar-refractivity contribution in [1.29, 1.82) is 0 Å². The molecular formula is C28H32ClNO4. The van der Waals surface area contributed by atoms with Gasteiger partial charge in [-0.25, -0.2) is 4.79 Å². The Balaban J connectivity index is 1.79. The number of hydrogen-bond donors (Lipinski definition) is 1. The fraction of sp³-hybridized carbons (Fsp3) is 0.429. The molecule has 1 aliphatic carbocycles. The van der Waals surface area contributed by atoms with Crippen LogP contribution in [0.1, 0.15) is 75.9 Å². The molecule has 6 heteroatoms. The van der Waals surface area contributed by atoms with E-state index in [9.17, 15) is 14.7 Å². The van der Waals surface area contributed by atoms with Crippen LogP contribution in [0.3, 0.4) is 0 Å². The van der Waals surface area contributed by atoms with Gasteiger partial charge in [0.15, 0.2) is 5.69 Å². The van der Waals surface area contributed by atoms with Gasteiger partial charge in [0.25, 0.3) is 0 Å². The fourth-order valence-corrected chi connectivity index (χ4v) is 5.34. The third kappa shape index (κ3) is 4.58. The largest absolute Gasteiger partial charge is 0.491 e. The van der Waals surface area contributed by atoms with E-state index in [4.69, 9.17) is 16.3 Å². The zero-order chi connectivity index (χ0) is 24.8. The van der Waals surface area contributed by atoms with Crippen LogP contribution in [0.25, 0.3) is 16.6 Å². The maximum Gasteiger partial charge on any atom is 0.354 e. The van der Waals surface area contributed by atoms with Gasteiger partial charge in [0.1, 0.15) is 11.5 Å². The maximum atomic E-state index is 12.9. The number of fused-ring (bicyclic) bond motifs is 1. The first-order valence-corrected chi connectivity index (χ1v) is 12.2. The van der Waals surface area contributed by atoms with Gasteiger partial charge in [-0.2, -0.15) is 0 Å². The molecule has 0 aliphatic heterocycles. The SMILES string of the molecule is CC(C)Oc1ccc(-n2c(C(=O)O)c(Cl)c3cc(C4CC(C(C)(C)C)CCC4=O)ccc32)cc1. The number of aromatic carboxylic acids is 1. The number of carbonyl (C=O) groups is 2. The quantitative estimate of drug-likeness (QED) is 0.416. The molecule has 4 rings (SSSR count). The van der Waals surface area contributed by atoms with Crippen molar-refractivity contribution in [2.24, 2.45) is 11.3 Å². The molecule has 1 aromatic heterocycles. The maximum absolute atomic E-state index is 12.9. The second-order valence-corrected chi connectivity index (χ2v) is 11.0. The molecule has 2 unspecified atom stereocenters. The Morgan fingerprint density at radius 2 is 1.82 bits per heavy atom. The minimum absolute atomic E-state index is 0.00823. The Bertz CT molecular complexity index is 1230. The smallest absolute Gasteiger partial charge is 0.354 e. The van der Waals surface area contributed by atoms with Crippen LogP contribution in [0.5, 0.6) is 5.75 Å². The Morgan fingerprint density at radius 1 is 1.15 bits per heavy atom. The highest BCUT2D eigenvalue weighted by atomic mass is 35.5. The first-order chi connectivity index (χ1) is 16.0. The van der Waals surface area contributed by atoms with Gasteiger partial charge in [0, 0.05) is 23.4 Å². The van der Waals surface area contributed by atoms with Crippen molar-refractivity contribution in [3.05, 3.63) is 58.7 Å². The zero-order valence-corrected chi connectivity index (χ0v) is 21.1. The number of benzene rings is 2. The normalized spacial score (nSPS) is 19.1. The monoisotopic (exact) mass is 481 g/mol. The van der Waals surface area contributed by atoms with Crippen molar-refractivity contribution < 1.29 is 19.4 Å². The van der Waals surface area contributed by atoms with Crippen LogP contribution in [-0.4, -0.2) is 27.5 Å². The van der Waals surface area contributed by atoms with E-state index < -0.39 is 5.97 Å². The van der Waals surface area contributed by atoms with Crippen LogP contribution in [0, 0.1) is 11.3 Å².